The lowest BCUT2D eigenvalue weighted by Gasteiger charge is -2.19. The molecule has 0 spiro atoms. The summed E-state index contributed by atoms with van der Waals surface area (Å²) in [5, 5.41) is 11.2. The standard InChI is InChI=1S/C18H21ClN2O5S/c1-25-11-3-4-16(14(19)7-11)27(23,24)12-8-13(15(9-12)26-2)17(22)21-18(10-20)5-6-18/h3-4,7,12-13,15H,5-6,8-9H2,1-2H3,(H,21,22)/t12-,13?,15-/m1/s1. The van der Waals surface area contributed by atoms with Crippen LogP contribution in [0.15, 0.2) is 23.1 Å². The number of nitrogens with zero attached hydrogens (tertiary/aromatic N) is 1. The van der Waals surface area contributed by atoms with Crippen molar-refractivity contribution in [3.8, 4) is 11.8 Å². The van der Waals surface area contributed by atoms with Crippen LogP contribution >= 0.6 is 11.6 Å². The van der Waals surface area contributed by atoms with Crippen LogP contribution in [0.4, 0.5) is 0 Å². The van der Waals surface area contributed by atoms with Gasteiger partial charge in [-0.2, -0.15) is 5.26 Å². The molecule has 1 amide bonds. The number of nitriles is 1. The van der Waals surface area contributed by atoms with Crippen LogP contribution in [0, 0.1) is 17.2 Å². The number of sulfone groups is 1. The minimum absolute atomic E-state index is 0.0153. The van der Waals surface area contributed by atoms with Gasteiger partial charge in [0.25, 0.3) is 0 Å². The van der Waals surface area contributed by atoms with Crippen molar-refractivity contribution in [3.63, 3.8) is 0 Å². The molecule has 1 N–H and O–H groups in total. The molecule has 1 aromatic rings. The fraction of sp³-hybridized carbons (Fsp3) is 0.556. The number of halogens is 1. The Labute approximate surface area is 163 Å². The number of benzene rings is 1. The van der Waals surface area contributed by atoms with Crippen molar-refractivity contribution in [1.29, 1.82) is 5.26 Å². The quantitative estimate of drug-likeness (QED) is 0.766. The molecule has 146 valence electrons. The Morgan fingerprint density at radius 3 is 2.56 bits per heavy atom. The smallest absolute Gasteiger partial charge is 0.227 e. The van der Waals surface area contributed by atoms with Gasteiger partial charge in [-0.1, -0.05) is 11.6 Å². The molecular formula is C18H21ClN2O5S. The van der Waals surface area contributed by atoms with E-state index in [2.05, 4.69) is 11.4 Å². The molecule has 0 aliphatic heterocycles. The number of rotatable bonds is 6. The average Bonchev–Trinajstić information content (AvgIpc) is 3.27. The summed E-state index contributed by atoms with van der Waals surface area (Å²) < 4.78 is 36.6. The summed E-state index contributed by atoms with van der Waals surface area (Å²) >= 11 is 6.15. The fourth-order valence-electron chi connectivity index (χ4n) is 3.48. The Hall–Kier alpha value is -1.82. The first-order valence-electron chi connectivity index (χ1n) is 8.60. The molecule has 0 heterocycles. The monoisotopic (exact) mass is 412 g/mol. The molecule has 2 aliphatic carbocycles. The van der Waals surface area contributed by atoms with Gasteiger partial charge in [0.05, 0.1) is 40.4 Å². The predicted molar refractivity (Wildman–Crippen MR) is 98.2 cm³/mol. The van der Waals surface area contributed by atoms with Crippen molar-refractivity contribution in [2.24, 2.45) is 5.92 Å². The van der Waals surface area contributed by atoms with Crippen molar-refractivity contribution in [1.82, 2.24) is 5.32 Å². The van der Waals surface area contributed by atoms with Gasteiger partial charge in [0.2, 0.25) is 5.91 Å². The highest BCUT2D eigenvalue weighted by molar-refractivity contribution is 7.92. The number of hydrogen-bond donors (Lipinski definition) is 1. The zero-order valence-electron chi connectivity index (χ0n) is 15.1. The molecular weight excluding hydrogens is 392 g/mol. The second-order valence-electron chi connectivity index (χ2n) is 7.00. The van der Waals surface area contributed by atoms with E-state index in [0.717, 1.165) is 0 Å². The minimum Gasteiger partial charge on any atom is -0.497 e. The fourth-order valence-corrected chi connectivity index (χ4v) is 5.83. The topological polar surface area (TPSA) is 105 Å². The molecule has 0 radical (unpaired) electrons. The molecule has 2 saturated carbocycles. The van der Waals surface area contributed by atoms with Crippen LogP contribution in [0.2, 0.25) is 5.02 Å². The normalized spacial score (nSPS) is 26.2. The van der Waals surface area contributed by atoms with E-state index < -0.39 is 32.6 Å². The van der Waals surface area contributed by atoms with Crippen LogP contribution in [0.1, 0.15) is 25.7 Å². The summed E-state index contributed by atoms with van der Waals surface area (Å²) in [4.78, 5) is 12.6. The Morgan fingerprint density at radius 1 is 1.33 bits per heavy atom. The van der Waals surface area contributed by atoms with E-state index in [1.54, 1.807) is 0 Å². The molecule has 0 saturated heterocycles. The SMILES string of the molecule is COc1ccc(S(=O)(=O)[C@@H]2CC(C(=O)NC3(C#N)CC3)[C@H](OC)C2)c(Cl)c1. The molecule has 3 atom stereocenters. The van der Waals surface area contributed by atoms with Crippen LogP contribution in [-0.2, 0) is 19.4 Å². The maximum Gasteiger partial charge on any atom is 0.227 e. The van der Waals surface area contributed by atoms with Crippen molar-refractivity contribution >= 4 is 27.3 Å². The van der Waals surface area contributed by atoms with E-state index in [-0.39, 0.29) is 28.7 Å². The summed E-state index contributed by atoms with van der Waals surface area (Å²) in [7, 11) is -0.825. The lowest BCUT2D eigenvalue weighted by atomic mass is 10.0. The van der Waals surface area contributed by atoms with E-state index in [1.165, 1.54) is 32.4 Å². The second kappa shape index (κ2) is 7.30. The molecule has 7 nitrogen and oxygen atoms in total. The van der Waals surface area contributed by atoms with Gasteiger partial charge in [0.15, 0.2) is 9.84 Å². The zero-order valence-corrected chi connectivity index (χ0v) is 16.6. The zero-order chi connectivity index (χ0) is 19.8. The summed E-state index contributed by atoms with van der Waals surface area (Å²) in [6.45, 7) is 0. The van der Waals surface area contributed by atoms with Crippen molar-refractivity contribution in [2.75, 3.05) is 14.2 Å². The summed E-state index contributed by atoms with van der Waals surface area (Å²) in [5.41, 5.74) is -0.800. The number of carbonyl (C=O) groups is 1. The Balaban J connectivity index is 1.81. The lowest BCUT2D eigenvalue weighted by Crippen LogP contribution is -2.42. The number of carbonyl (C=O) groups excluding carboxylic acids is 1. The molecule has 0 aromatic heterocycles. The van der Waals surface area contributed by atoms with Gasteiger partial charge >= 0.3 is 0 Å². The van der Waals surface area contributed by atoms with Crippen molar-refractivity contribution in [3.05, 3.63) is 23.2 Å². The molecule has 3 rings (SSSR count). The van der Waals surface area contributed by atoms with Gasteiger partial charge in [-0.25, -0.2) is 8.42 Å². The van der Waals surface area contributed by atoms with Gasteiger partial charge in [-0.3, -0.25) is 4.79 Å². The Kier molecular flexibility index (Phi) is 5.39. The van der Waals surface area contributed by atoms with Crippen molar-refractivity contribution in [2.45, 2.75) is 47.5 Å². The third-order valence-electron chi connectivity index (χ3n) is 5.31. The summed E-state index contributed by atoms with van der Waals surface area (Å²) in [6.07, 6.45) is 1.01. The molecule has 1 unspecified atom stereocenters. The highest BCUT2D eigenvalue weighted by Crippen LogP contribution is 2.40. The van der Waals surface area contributed by atoms with E-state index in [1.807, 2.05) is 0 Å². The van der Waals surface area contributed by atoms with Crippen molar-refractivity contribution < 1.29 is 22.7 Å². The Morgan fingerprint density at radius 2 is 2.04 bits per heavy atom. The first-order chi connectivity index (χ1) is 12.8. The third-order valence-corrected chi connectivity index (χ3v) is 7.97. The third kappa shape index (κ3) is 3.77. The minimum atomic E-state index is -3.75. The van der Waals surface area contributed by atoms with Gasteiger partial charge in [0.1, 0.15) is 11.3 Å². The summed E-state index contributed by atoms with van der Waals surface area (Å²) in [6, 6.07) is 6.51. The number of amides is 1. The van der Waals surface area contributed by atoms with Crippen LogP contribution in [0.5, 0.6) is 5.75 Å². The largest absolute Gasteiger partial charge is 0.497 e. The highest BCUT2D eigenvalue weighted by Gasteiger charge is 2.50. The van der Waals surface area contributed by atoms with Gasteiger partial charge in [-0.15, -0.1) is 0 Å². The molecule has 27 heavy (non-hydrogen) atoms. The van der Waals surface area contributed by atoms with E-state index >= 15 is 0 Å². The first kappa shape index (κ1) is 19.9. The summed E-state index contributed by atoms with van der Waals surface area (Å²) in [5.74, 6) is -0.499. The van der Waals surface area contributed by atoms with Gasteiger partial charge in [-0.05, 0) is 37.8 Å². The van der Waals surface area contributed by atoms with Crippen LogP contribution in [-0.4, -0.2) is 45.4 Å². The number of ether oxygens (including phenoxy) is 2. The van der Waals surface area contributed by atoms with Crippen LogP contribution in [0.3, 0.4) is 0 Å². The maximum absolute atomic E-state index is 13.1. The molecule has 9 heteroatoms. The number of methoxy groups -OCH3 is 2. The second-order valence-corrected chi connectivity index (χ2v) is 9.60. The molecule has 2 fully saturated rings. The molecule has 1 aromatic carbocycles. The van der Waals surface area contributed by atoms with E-state index in [4.69, 9.17) is 26.3 Å². The molecule has 0 bridgehead atoms. The number of nitrogens with one attached hydrogen (secondary N) is 1. The van der Waals surface area contributed by atoms with Crippen LogP contribution in [0.25, 0.3) is 0 Å². The average molecular weight is 413 g/mol. The van der Waals surface area contributed by atoms with Crippen LogP contribution < -0.4 is 10.1 Å². The predicted octanol–water partition coefficient (Wildman–Crippen LogP) is 2.09. The Bertz CT molecular complexity index is 892. The maximum atomic E-state index is 13.1. The van der Waals surface area contributed by atoms with Gasteiger partial charge < -0.3 is 14.8 Å². The first-order valence-corrected chi connectivity index (χ1v) is 10.5. The lowest BCUT2D eigenvalue weighted by molar-refractivity contribution is -0.128. The van der Waals surface area contributed by atoms with Gasteiger partial charge in [0, 0.05) is 13.2 Å². The van der Waals surface area contributed by atoms with E-state index in [0.29, 0.717) is 18.6 Å². The van der Waals surface area contributed by atoms with E-state index in [9.17, 15) is 13.2 Å². The highest BCUT2D eigenvalue weighted by atomic mass is 35.5. The number of hydrogen-bond acceptors (Lipinski definition) is 6. The molecule has 2 aliphatic rings.